The van der Waals surface area contributed by atoms with Gasteiger partial charge in [0.1, 0.15) is 11.6 Å². The van der Waals surface area contributed by atoms with Crippen molar-refractivity contribution in [3.63, 3.8) is 0 Å². The van der Waals surface area contributed by atoms with Gasteiger partial charge in [-0.1, -0.05) is 53.5 Å². The van der Waals surface area contributed by atoms with Crippen molar-refractivity contribution in [2.45, 2.75) is 19.9 Å². The van der Waals surface area contributed by atoms with E-state index in [1.54, 1.807) is 62.5 Å². The van der Waals surface area contributed by atoms with Crippen molar-refractivity contribution in [1.82, 2.24) is 14.5 Å². The quantitative estimate of drug-likeness (QED) is 0.329. The topological polar surface area (TPSA) is 76.5 Å². The van der Waals surface area contributed by atoms with Crippen LogP contribution in [0.1, 0.15) is 25.7 Å². The van der Waals surface area contributed by atoms with Crippen molar-refractivity contribution >= 4 is 45.8 Å². The molecule has 2 amide bonds. The lowest BCUT2D eigenvalue weighted by Crippen LogP contribution is -2.37. The van der Waals surface area contributed by atoms with Crippen LogP contribution in [0.5, 0.6) is 5.75 Å². The molecule has 1 atom stereocenters. The predicted octanol–water partition coefficient (Wildman–Crippen LogP) is 6.32. The first-order chi connectivity index (χ1) is 16.8. The standard InChI is InChI=1S/C26H24Cl2N4O3/c1-4-35-22-15-8-7-14-21(22)32-24(29-19-12-6-5-10-17(19)25(32)33)16(2)31(3)26(34)30-20-13-9-11-18(27)23(20)28/h5-16H,4H2,1-3H3,(H,30,34). The number of carbonyl (C=O) groups is 1. The van der Waals surface area contributed by atoms with E-state index in [0.717, 1.165) is 0 Å². The highest BCUT2D eigenvalue weighted by atomic mass is 35.5. The van der Waals surface area contributed by atoms with Crippen LogP contribution in [0, 0.1) is 0 Å². The fourth-order valence-corrected chi connectivity index (χ4v) is 4.08. The molecule has 9 heteroatoms. The molecule has 0 aliphatic carbocycles. The Balaban J connectivity index is 1.82. The second-order valence-corrected chi connectivity index (χ2v) is 8.63. The average Bonchev–Trinajstić information content (AvgIpc) is 2.86. The second kappa shape index (κ2) is 10.4. The minimum atomic E-state index is -0.597. The fraction of sp³-hybridized carbons (Fsp3) is 0.192. The minimum absolute atomic E-state index is 0.245. The summed E-state index contributed by atoms with van der Waals surface area (Å²) < 4.78 is 7.31. The Bertz CT molecular complexity index is 1450. The SMILES string of the molecule is CCOc1ccccc1-n1c(C(C)N(C)C(=O)Nc2cccc(Cl)c2Cl)nc2ccccc2c1=O. The molecular formula is C26H24Cl2N4O3. The van der Waals surface area contributed by atoms with E-state index in [-0.39, 0.29) is 10.6 Å². The third-order valence-corrected chi connectivity index (χ3v) is 6.49. The first-order valence-electron chi connectivity index (χ1n) is 11.0. The molecule has 4 aromatic rings. The number of para-hydroxylation sites is 3. The summed E-state index contributed by atoms with van der Waals surface area (Å²) in [5.41, 5.74) is 1.22. The summed E-state index contributed by atoms with van der Waals surface area (Å²) in [4.78, 5) is 33.1. The van der Waals surface area contributed by atoms with Gasteiger partial charge in [0.15, 0.2) is 0 Å². The first kappa shape index (κ1) is 24.6. The van der Waals surface area contributed by atoms with E-state index in [1.807, 2.05) is 25.1 Å². The van der Waals surface area contributed by atoms with Crippen LogP contribution < -0.4 is 15.6 Å². The second-order valence-electron chi connectivity index (χ2n) is 7.85. The number of hydrogen-bond acceptors (Lipinski definition) is 4. The van der Waals surface area contributed by atoms with E-state index < -0.39 is 12.1 Å². The van der Waals surface area contributed by atoms with E-state index >= 15 is 0 Å². The van der Waals surface area contributed by atoms with Crippen LogP contribution in [0.2, 0.25) is 10.0 Å². The number of rotatable bonds is 6. The van der Waals surface area contributed by atoms with Crippen molar-refractivity contribution in [2.75, 3.05) is 19.0 Å². The number of hydrogen-bond donors (Lipinski definition) is 1. The van der Waals surface area contributed by atoms with Gasteiger partial charge in [-0.2, -0.15) is 0 Å². The molecule has 0 saturated heterocycles. The number of halogens is 2. The van der Waals surface area contributed by atoms with E-state index in [1.165, 1.54) is 9.47 Å². The first-order valence-corrected chi connectivity index (χ1v) is 11.8. The van der Waals surface area contributed by atoms with Crippen LogP contribution in [-0.4, -0.2) is 34.1 Å². The lowest BCUT2D eigenvalue weighted by Gasteiger charge is -2.27. The molecule has 0 aliphatic rings. The van der Waals surface area contributed by atoms with Crippen molar-refractivity contribution in [1.29, 1.82) is 0 Å². The summed E-state index contributed by atoms with van der Waals surface area (Å²) in [6.07, 6.45) is 0. The zero-order valence-corrected chi connectivity index (χ0v) is 21.0. The molecule has 1 N–H and O–H groups in total. The molecule has 180 valence electrons. The summed E-state index contributed by atoms with van der Waals surface area (Å²) >= 11 is 12.3. The number of amides is 2. The molecule has 4 rings (SSSR count). The molecule has 0 radical (unpaired) electrons. The highest BCUT2D eigenvalue weighted by Gasteiger charge is 2.26. The number of fused-ring (bicyclic) bond motifs is 1. The molecule has 0 fully saturated rings. The minimum Gasteiger partial charge on any atom is -0.492 e. The van der Waals surface area contributed by atoms with Gasteiger partial charge in [-0.15, -0.1) is 0 Å². The van der Waals surface area contributed by atoms with Crippen LogP contribution in [-0.2, 0) is 0 Å². The molecule has 0 spiro atoms. The zero-order valence-electron chi connectivity index (χ0n) is 19.5. The third-order valence-electron chi connectivity index (χ3n) is 5.68. The maximum atomic E-state index is 13.7. The van der Waals surface area contributed by atoms with Gasteiger partial charge < -0.3 is 15.0 Å². The Labute approximate surface area is 212 Å². The lowest BCUT2D eigenvalue weighted by molar-refractivity contribution is 0.205. The van der Waals surface area contributed by atoms with Crippen LogP contribution >= 0.6 is 23.2 Å². The van der Waals surface area contributed by atoms with Crippen LogP contribution in [0.15, 0.2) is 71.5 Å². The number of aromatic nitrogens is 2. The van der Waals surface area contributed by atoms with Crippen molar-refractivity contribution in [2.24, 2.45) is 0 Å². The Morgan fingerprint density at radius 3 is 2.57 bits per heavy atom. The van der Waals surface area contributed by atoms with Gasteiger partial charge in [-0.25, -0.2) is 9.78 Å². The molecule has 0 saturated carbocycles. The predicted molar refractivity (Wildman–Crippen MR) is 140 cm³/mol. The van der Waals surface area contributed by atoms with Crippen molar-refractivity contribution < 1.29 is 9.53 Å². The highest BCUT2D eigenvalue weighted by molar-refractivity contribution is 6.43. The molecule has 35 heavy (non-hydrogen) atoms. The van der Waals surface area contributed by atoms with Gasteiger partial charge in [0, 0.05) is 7.05 Å². The van der Waals surface area contributed by atoms with Gasteiger partial charge in [0.25, 0.3) is 5.56 Å². The maximum Gasteiger partial charge on any atom is 0.322 e. The summed E-state index contributed by atoms with van der Waals surface area (Å²) in [7, 11) is 1.62. The van der Waals surface area contributed by atoms with E-state index in [4.69, 9.17) is 32.9 Å². The van der Waals surface area contributed by atoms with E-state index in [0.29, 0.717) is 45.5 Å². The number of urea groups is 1. The molecular weight excluding hydrogens is 487 g/mol. The van der Waals surface area contributed by atoms with Gasteiger partial charge in [0.05, 0.1) is 45.0 Å². The molecule has 7 nitrogen and oxygen atoms in total. The number of benzene rings is 3. The van der Waals surface area contributed by atoms with E-state index in [9.17, 15) is 9.59 Å². The van der Waals surface area contributed by atoms with E-state index in [2.05, 4.69) is 5.32 Å². The monoisotopic (exact) mass is 510 g/mol. The number of nitrogens with zero attached hydrogens (tertiary/aromatic N) is 3. The van der Waals surface area contributed by atoms with Gasteiger partial charge in [0.2, 0.25) is 0 Å². The van der Waals surface area contributed by atoms with Crippen molar-refractivity contribution in [3.8, 4) is 11.4 Å². The summed E-state index contributed by atoms with van der Waals surface area (Å²) in [6, 6.07) is 18.3. The molecule has 0 bridgehead atoms. The molecule has 1 unspecified atom stereocenters. The zero-order chi connectivity index (χ0) is 25.1. The number of carbonyl (C=O) groups excluding carboxylic acids is 1. The Kier molecular flexibility index (Phi) is 7.28. The Morgan fingerprint density at radius 1 is 1.09 bits per heavy atom. The van der Waals surface area contributed by atoms with Crippen molar-refractivity contribution in [3.05, 3.63) is 93.0 Å². The molecule has 1 aromatic heterocycles. The largest absolute Gasteiger partial charge is 0.492 e. The smallest absolute Gasteiger partial charge is 0.322 e. The highest BCUT2D eigenvalue weighted by Crippen LogP contribution is 2.31. The Morgan fingerprint density at radius 2 is 1.80 bits per heavy atom. The van der Waals surface area contributed by atoms with Crippen LogP contribution in [0.4, 0.5) is 10.5 Å². The molecule has 1 heterocycles. The lowest BCUT2D eigenvalue weighted by atomic mass is 10.2. The maximum absolute atomic E-state index is 13.7. The Hall–Kier alpha value is -3.55. The average molecular weight is 511 g/mol. The molecule has 0 aliphatic heterocycles. The third kappa shape index (κ3) is 4.83. The van der Waals surface area contributed by atoms with Crippen LogP contribution in [0.25, 0.3) is 16.6 Å². The molecule has 3 aromatic carbocycles. The number of nitrogens with one attached hydrogen (secondary N) is 1. The fourth-order valence-electron chi connectivity index (χ4n) is 3.74. The summed E-state index contributed by atoms with van der Waals surface area (Å²) in [5.74, 6) is 0.927. The van der Waals surface area contributed by atoms with Gasteiger partial charge >= 0.3 is 6.03 Å². The number of anilines is 1. The van der Waals surface area contributed by atoms with Crippen LogP contribution in [0.3, 0.4) is 0 Å². The normalized spacial score (nSPS) is 11.8. The number of ether oxygens (including phenoxy) is 1. The van der Waals surface area contributed by atoms with Gasteiger partial charge in [-0.3, -0.25) is 9.36 Å². The summed E-state index contributed by atoms with van der Waals surface area (Å²) in [5, 5.41) is 3.82. The van der Waals surface area contributed by atoms with Gasteiger partial charge in [-0.05, 0) is 50.2 Å². The summed E-state index contributed by atoms with van der Waals surface area (Å²) in [6.45, 7) is 4.11.